The Morgan fingerprint density at radius 3 is 3.00 bits per heavy atom. The molecule has 1 saturated heterocycles. The Kier molecular flexibility index (Phi) is 5.85. The average Bonchev–Trinajstić information content (AvgIpc) is 3.16. The van der Waals surface area contributed by atoms with E-state index in [1.807, 2.05) is 41.7 Å². The number of nitrogens with zero attached hydrogens (tertiary/aromatic N) is 4. The van der Waals surface area contributed by atoms with Crippen LogP contribution in [0.2, 0.25) is 5.02 Å². The molecule has 4 rings (SSSR count). The Hall–Kier alpha value is -2.80. The van der Waals surface area contributed by atoms with Crippen LogP contribution in [-0.4, -0.2) is 40.2 Å². The van der Waals surface area contributed by atoms with E-state index in [9.17, 15) is 4.79 Å². The highest BCUT2D eigenvalue weighted by molar-refractivity contribution is 6.30. The van der Waals surface area contributed by atoms with Crippen molar-refractivity contribution in [3.63, 3.8) is 0 Å². The molecule has 0 spiro atoms. The lowest BCUT2D eigenvalue weighted by Gasteiger charge is -2.32. The van der Waals surface area contributed by atoms with Crippen LogP contribution in [0.5, 0.6) is 5.75 Å². The van der Waals surface area contributed by atoms with E-state index in [-0.39, 0.29) is 11.8 Å². The fourth-order valence-corrected chi connectivity index (χ4v) is 3.87. The van der Waals surface area contributed by atoms with Gasteiger partial charge in [-0.05, 0) is 38.0 Å². The Morgan fingerprint density at radius 2 is 2.14 bits per heavy atom. The van der Waals surface area contributed by atoms with Crippen molar-refractivity contribution in [1.82, 2.24) is 19.9 Å². The van der Waals surface area contributed by atoms with Crippen molar-refractivity contribution in [2.75, 3.05) is 24.6 Å². The number of carbonyl (C=O) groups is 1. The summed E-state index contributed by atoms with van der Waals surface area (Å²) in [6.07, 6.45) is 3.58. The van der Waals surface area contributed by atoms with Gasteiger partial charge in [0.05, 0.1) is 17.5 Å². The summed E-state index contributed by atoms with van der Waals surface area (Å²) in [5.74, 6) is 1.48. The highest BCUT2D eigenvalue weighted by Crippen LogP contribution is 2.24. The topological polar surface area (TPSA) is 71.8 Å². The van der Waals surface area contributed by atoms with Gasteiger partial charge in [0.15, 0.2) is 5.65 Å². The fraction of sp³-hybridized carbons (Fsp3) is 0.381. The number of hydrogen-bond acceptors (Lipinski definition) is 5. The van der Waals surface area contributed by atoms with E-state index < -0.39 is 0 Å². The number of piperidine rings is 1. The van der Waals surface area contributed by atoms with Crippen LogP contribution in [0.15, 0.2) is 42.6 Å². The molecule has 1 amide bonds. The quantitative estimate of drug-likeness (QED) is 0.671. The minimum Gasteiger partial charge on any atom is -0.494 e. The van der Waals surface area contributed by atoms with Crippen molar-refractivity contribution in [3.05, 3.63) is 53.2 Å². The number of para-hydroxylation sites is 1. The maximum atomic E-state index is 12.8. The zero-order chi connectivity index (χ0) is 20.2. The van der Waals surface area contributed by atoms with Crippen LogP contribution in [0.25, 0.3) is 5.65 Å². The van der Waals surface area contributed by atoms with Crippen LogP contribution in [0, 0.1) is 5.92 Å². The van der Waals surface area contributed by atoms with Gasteiger partial charge in [0.1, 0.15) is 5.75 Å². The lowest BCUT2D eigenvalue weighted by molar-refractivity contribution is -0.125. The zero-order valence-corrected chi connectivity index (χ0v) is 17.1. The van der Waals surface area contributed by atoms with Gasteiger partial charge in [-0.3, -0.25) is 9.20 Å². The summed E-state index contributed by atoms with van der Waals surface area (Å²) in [6, 6.07) is 11.4. The minimum absolute atomic E-state index is 0.0489. The van der Waals surface area contributed by atoms with Crippen LogP contribution >= 0.6 is 11.6 Å². The zero-order valence-electron chi connectivity index (χ0n) is 16.3. The van der Waals surface area contributed by atoms with Crippen molar-refractivity contribution in [3.8, 4) is 5.75 Å². The number of hydrogen-bond donors (Lipinski definition) is 1. The molecule has 1 aromatic carbocycles. The number of fused-ring (bicyclic) bond motifs is 1. The van der Waals surface area contributed by atoms with Crippen molar-refractivity contribution < 1.29 is 9.53 Å². The first kappa shape index (κ1) is 19.5. The molecule has 8 heteroatoms. The first-order valence-electron chi connectivity index (χ1n) is 9.89. The van der Waals surface area contributed by atoms with Crippen molar-refractivity contribution in [2.45, 2.75) is 26.3 Å². The van der Waals surface area contributed by atoms with Crippen LogP contribution in [0.1, 0.15) is 25.3 Å². The van der Waals surface area contributed by atoms with E-state index >= 15 is 0 Å². The number of amides is 1. The number of carbonyl (C=O) groups excluding carboxylic acids is 1. The molecule has 1 N–H and O–H groups in total. The maximum Gasteiger partial charge on any atom is 0.231 e. The molecule has 2 aromatic heterocycles. The number of aromatic nitrogens is 3. The Labute approximate surface area is 174 Å². The molecule has 0 unspecified atom stereocenters. The standard InChI is InChI=1S/C21H24ClN5O2/c1-2-29-18-8-4-3-6-15(18)12-23-20(28)16-7-5-11-26(13-16)21-25-24-19-10-9-17(22)14-27(19)21/h3-4,6,8-10,14,16H,2,5,7,11-13H2,1H3,(H,23,28)/t16-/m0/s1. The third kappa shape index (κ3) is 4.29. The van der Waals surface area contributed by atoms with Crippen LogP contribution in [0.4, 0.5) is 5.95 Å². The predicted octanol–water partition coefficient (Wildman–Crippen LogP) is 3.31. The molecule has 152 valence electrons. The van der Waals surface area contributed by atoms with Gasteiger partial charge < -0.3 is 15.0 Å². The molecular formula is C21H24ClN5O2. The number of pyridine rings is 1. The van der Waals surface area contributed by atoms with Gasteiger partial charge in [-0.15, -0.1) is 10.2 Å². The average molecular weight is 414 g/mol. The third-order valence-corrected chi connectivity index (χ3v) is 5.37. The van der Waals surface area contributed by atoms with Gasteiger partial charge in [-0.1, -0.05) is 29.8 Å². The second-order valence-electron chi connectivity index (χ2n) is 7.12. The van der Waals surface area contributed by atoms with Crippen LogP contribution < -0.4 is 15.0 Å². The van der Waals surface area contributed by atoms with E-state index in [2.05, 4.69) is 20.4 Å². The van der Waals surface area contributed by atoms with E-state index in [4.69, 9.17) is 16.3 Å². The number of anilines is 1. The van der Waals surface area contributed by atoms with Gasteiger partial charge in [0.25, 0.3) is 0 Å². The molecule has 7 nitrogen and oxygen atoms in total. The molecule has 0 aliphatic carbocycles. The van der Waals surface area contributed by atoms with Crippen molar-refractivity contribution in [1.29, 1.82) is 0 Å². The van der Waals surface area contributed by atoms with Crippen LogP contribution in [-0.2, 0) is 11.3 Å². The molecule has 0 saturated carbocycles. The molecule has 0 bridgehead atoms. The Balaban J connectivity index is 1.43. The lowest BCUT2D eigenvalue weighted by atomic mass is 9.97. The SMILES string of the molecule is CCOc1ccccc1CNC(=O)[C@H]1CCCN(c2nnc3ccc(Cl)cn23)C1. The van der Waals surface area contributed by atoms with Gasteiger partial charge in [0, 0.05) is 31.4 Å². The highest BCUT2D eigenvalue weighted by atomic mass is 35.5. The molecule has 29 heavy (non-hydrogen) atoms. The number of ether oxygens (including phenoxy) is 1. The summed E-state index contributed by atoms with van der Waals surface area (Å²) in [7, 11) is 0. The molecule has 1 aliphatic heterocycles. The van der Waals surface area contributed by atoms with Gasteiger partial charge in [0.2, 0.25) is 11.9 Å². The van der Waals surface area contributed by atoms with E-state index in [1.54, 1.807) is 12.3 Å². The summed E-state index contributed by atoms with van der Waals surface area (Å²) in [6.45, 7) is 4.44. The van der Waals surface area contributed by atoms with Gasteiger partial charge >= 0.3 is 0 Å². The fourth-order valence-electron chi connectivity index (χ4n) is 3.71. The van der Waals surface area contributed by atoms with E-state index in [1.165, 1.54) is 0 Å². The number of benzene rings is 1. The van der Waals surface area contributed by atoms with Crippen molar-refractivity contribution >= 4 is 29.1 Å². The first-order valence-corrected chi connectivity index (χ1v) is 10.3. The predicted molar refractivity (Wildman–Crippen MR) is 112 cm³/mol. The summed E-state index contributed by atoms with van der Waals surface area (Å²) < 4.78 is 7.52. The van der Waals surface area contributed by atoms with Gasteiger partial charge in [-0.2, -0.15) is 0 Å². The molecule has 1 atom stereocenters. The maximum absolute atomic E-state index is 12.8. The minimum atomic E-state index is -0.102. The van der Waals surface area contributed by atoms with Crippen molar-refractivity contribution in [2.24, 2.45) is 5.92 Å². The smallest absolute Gasteiger partial charge is 0.231 e. The number of rotatable bonds is 6. The highest BCUT2D eigenvalue weighted by Gasteiger charge is 2.28. The molecule has 3 aromatic rings. The second kappa shape index (κ2) is 8.69. The van der Waals surface area contributed by atoms with E-state index in [0.29, 0.717) is 24.7 Å². The summed E-state index contributed by atoms with van der Waals surface area (Å²) >= 11 is 6.13. The number of halogens is 1. The largest absolute Gasteiger partial charge is 0.494 e. The Morgan fingerprint density at radius 1 is 1.28 bits per heavy atom. The first-order chi connectivity index (χ1) is 14.2. The van der Waals surface area contributed by atoms with Gasteiger partial charge in [-0.25, -0.2) is 0 Å². The number of nitrogens with one attached hydrogen (secondary N) is 1. The third-order valence-electron chi connectivity index (χ3n) is 5.15. The lowest BCUT2D eigenvalue weighted by Crippen LogP contribution is -2.43. The summed E-state index contributed by atoms with van der Waals surface area (Å²) in [5, 5.41) is 12.2. The Bertz CT molecular complexity index is 1010. The molecule has 0 radical (unpaired) electrons. The molecule has 1 fully saturated rings. The van der Waals surface area contributed by atoms with Crippen LogP contribution in [0.3, 0.4) is 0 Å². The molecular weight excluding hydrogens is 390 g/mol. The second-order valence-corrected chi connectivity index (χ2v) is 7.56. The summed E-state index contributed by atoms with van der Waals surface area (Å²) in [4.78, 5) is 14.9. The molecule has 3 heterocycles. The van der Waals surface area contributed by atoms with E-state index in [0.717, 1.165) is 42.3 Å². The molecule has 1 aliphatic rings. The summed E-state index contributed by atoms with van der Waals surface area (Å²) in [5.41, 5.74) is 1.72. The normalized spacial score (nSPS) is 16.8. The monoisotopic (exact) mass is 413 g/mol.